The van der Waals surface area contributed by atoms with E-state index in [0.29, 0.717) is 23.7 Å². The van der Waals surface area contributed by atoms with E-state index in [4.69, 9.17) is 4.74 Å². The van der Waals surface area contributed by atoms with Crippen LogP contribution in [0.1, 0.15) is 113 Å². The minimum absolute atomic E-state index is 0.00466. The Labute approximate surface area is 219 Å². The Balaban J connectivity index is 1.52. The lowest BCUT2D eigenvalue weighted by Crippen LogP contribution is -2.67. The van der Waals surface area contributed by atoms with Gasteiger partial charge in [-0.3, -0.25) is 9.59 Å². The summed E-state index contributed by atoms with van der Waals surface area (Å²) >= 11 is 0. The highest BCUT2D eigenvalue weighted by Gasteiger charge is 2.72. The number of carboxylic acid groups (broad SMARTS) is 1. The van der Waals surface area contributed by atoms with Crippen LogP contribution in [0.15, 0.2) is 12.2 Å². The number of aliphatic carboxylic acids is 1. The van der Waals surface area contributed by atoms with E-state index in [9.17, 15) is 14.7 Å². The zero-order chi connectivity index (χ0) is 26.5. The summed E-state index contributed by atoms with van der Waals surface area (Å²) in [7, 11) is 0. The number of fused-ring (bicyclic) bond motifs is 7. The normalized spacial score (nSPS) is 51.2. The molecule has 0 amide bonds. The summed E-state index contributed by atoms with van der Waals surface area (Å²) in [5.41, 5.74) is 1.20. The second kappa shape index (κ2) is 8.09. The van der Waals surface area contributed by atoms with Gasteiger partial charge in [0.2, 0.25) is 0 Å². The highest BCUT2D eigenvalue weighted by Crippen LogP contribution is 2.77. The van der Waals surface area contributed by atoms with Gasteiger partial charge in [-0.1, -0.05) is 46.8 Å². The van der Waals surface area contributed by atoms with Gasteiger partial charge < -0.3 is 9.84 Å². The SMILES string of the molecule is C=C(C)[C@@H]1CCC2(C(=O)O)CC[C@]3(C)C(CCC4[C@@]5(C)CCC(OC(C)=O)C(C)(C)C5CC[C@]43C)C12. The number of hydrogen-bond acceptors (Lipinski definition) is 3. The standard InChI is InChI=1S/C32H50O4/c1-19(2)21-11-16-32(27(34)35)18-17-30(7)22(26(21)32)9-10-24-29(6)14-13-25(36-20(3)33)28(4,5)23(29)12-15-31(24,30)8/h21-26H,1,9-18H2,2-8H3,(H,34,35)/t21-,22?,23?,24?,25?,26?,29-,30+,31+,32?/m0/s1. The molecule has 36 heavy (non-hydrogen) atoms. The third-order valence-corrected chi connectivity index (χ3v) is 13.7. The van der Waals surface area contributed by atoms with E-state index in [0.717, 1.165) is 44.9 Å². The van der Waals surface area contributed by atoms with Gasteiger partial charge in [0.25, 0.3) is 0 Å². The fraction of sp³-hybridized carbons (Fsp3) is 0.875. The first-order chi connectivity index (χ1) is 16.6. The van der Waals surface area contributed by atoms with Crippen LogP contribution >= 0.6 is 0 Å². The Kier molecular flexibility index (Phi) is 5.91. The lowest BCUT2D eigenvalue weighted by molar-refractivity contribution is -0.250. The number of carbonyl (C=O) groups is 2. The lowest BCUT2D eigenvalue weighted by atomic mass is 9.32. The van der Waals surface area contributed by atoms with Gasteiger partial charge in [0.05, 0.1) is 5.41 Å². The Morgan fingerprint density at radius 2 is 1.50 bits per heavy atom. The summed E-state index contributed by atoms with van der Waals surface area (Å²) in [6.45, 7) is 20.4. The van der Waals surface area contributed by atoms with Crippen molar-refractivity contribution in [2.75, 3.05) is 0 Å². The average molecular weight is 499 g/mol. The lowest BCUT2D eigenvalue weighted by Gasteiger charge is -2.72. The maximum Gasteiger partial charge on any atom is 0.309 e. The monoisotopic (exact) mass is 498 g/mol. The van der Waals surface area contributed by atoms with Crippen molar-refractivity contribution in [1.82, 2.24) is 0 Å². The van der Waals surface area contributed by atoms with Crippen LogP contribution in [0.5, 0.6) is 0 Å². The van der Waals surface area contributed by atoms with Crippen molar-refractivity contribution in [3.8, 4) is 0 Å². The van der Waals surface area contributed by atoms with Crippen molar-refractivity contribution >= 4 is 11.9 Å². The minimum Gasteiger partial charge on any atom is -0.481 e. The molecule has 5 saturated carbocycles. The summed E-state index contributed by atoms with van der Waals surface area (Å²) in [5, 5.41) is 10.5. The second-order valence-electron chi connectivity index (χ2n) is 15.1. The zero-order valence-electron chi connectivity index (χ0n) is 23.9. The molecule has 10 atom stereocenters. The van der Waals surface area contributed by atoms with Gasteiger partial charge in [-0.2, -0.15) is 0 Å². The van der Waals surface area contributed by atoms with Crippen molar-refractivity contribution in [3.63, 3.8) is 0 Å². The first-order valence-electron chi connectivity index (χ1n) is 14.7. The topological polar surface area (TPSA) is 63.6 Å². The summed E-state index contributed by atoms with van der Waals surface area (Å²) in [5.74, 6) is 1.49. The fourth-order valence-corrected chi connectivity index (χ4v) is 11.9. The van der Waals surface area contributed by atoms with E-state index in [1.54, 1.807) is 6.92 Å². The molecule has 4 nitrogen and oxygen atoms in total. The van der Waals surface area contributed by atoms with Crippen LogP contribution in [0.3, 0.4) is 0 Å². The van der Waals surface area contributed by atoms with Gasteiger partial charge in [0.15, 0.2) is 0 Å². The Morgan fingerprint density at radius 3 is 2.11 bits per heavy atom. The maximum absolute atomic E-state index is 12.8. The number of carboxylic acids is 1. The minimum atomic E-state index is -0.553. The van der Waals surface area contributed by atoms with Crippen LogP contribution in [-0.4, -0.2) is 23.1 Å². The smallest absolute Gasteiger partial charge is 0.309 e. The quantitative estimate of drug-likeness (QED) is 0.320. The van der Waals surface area contributed by atoms with E-state index in [1.165, 1.54) is 24.8 Å². The van der Waals surface area contributed by atoms with E-state index >= 15 is 0 Å². The average Bonchev–Trinajstić information content (AvgIpc) is 3.17. The molecule has 0 spiro atoms. The molecule has 0 saturated heterocycles. The van der Waals surface area contributed by atoms with E-state index in [1.807, 2.05) is 0 Å². The molecule has 5 fully saturated rings. The Bertz CT molecular complexity index is 967. The molecule has 5 aliphatic carbocycles. The van der Waals surface area contributed by atoms with Crippen LogP contribution < -0.4 is 0 Å². The molecule has 202 valence electrons. The Hall–Kier alpha value is -1.32. The predicted octanol–water partition coefficient (Wildman–Crippen LogP) is 7.66. The highest BCUT2D eigenvalue weighted by atomic mass is 16.5. The molecular formula is C32H50O4. The summed E-state index contributed by atoms with van der Waals surface area (Å²) in [4.78, 5) is 24.7. The van der Waals surface area contributed by atoms with E-state index in [-0.39, 0.29) is 39.7 Å². The summed E-state index contributed by atoms with van der Waals surface area (Å²) in [6.07, 6.45) is 10.5. The molecule has 5 rings (SSSR count). The van der Waals surface area contributed by atoms with Gasteiger partial charge in [-0.25, -0.2) is 0 Å². The molecule has 0 aromatic heterocycles. The molecule has 1 N–H and O–H groups in total. The second-order valence-corrected chi connectivity index (χ2v) is 15.1. The van der Waals surface area contributed by atoms with Crippen molar-refractivity contribution in [1.29, 1.82) is 0 Å². The number of allylic oxidation sites excluding steroid dienone is 1. The first kappa shape index (κ1) is 26.3. The van der Waals surface area contributed by atoms with Crippen molar-refractivity contribution in [2.24, 2.45) is 56.7 Å². The summed E-state index contributed by atoms with van der Waals surface area (Å²) in [6, 6.07) is 0. The highest BCUT2D eigenvalue weighted by molar-refractivity contribution is 5.76. The zero-order valence-corrected chi connectivity index (χ0v) is 23.9. The molecule has 0 aliphatic heterocycles. The van der Waals surface area contributed by atoms with Crippen LogP contribution in [0.4, 0.5) is 0 Å². The molecular weight excluding hydrogens is 448 g/mol. The molecule has 6 unspecified atom stereocenters. The summed E-state index contributed by atoms with van der Waals surface area (Å²) < 4.78 is 5.88. The van der Waals surface area contributed by atoms with E-state index in [2.05, 4.69) is 48.1 Å². The molecule has 0 heterocycles. The number of carbonyl (C=O) groups excluding carboxylic acids is 1. The number of ether oxygens (including phenoxy) is 1. The van der Waals surface area contributed by atoms with Crippen molar-refractivity contribution < 1.29 is 19.4 Å². The Morgan fingerprint density at radius 1 is 0.806 bits per heavy atom. The van der Waals surface area contributed by atoms with Gasteiger partial charge >= 0.3 is 11.9 Å². The molecule has 0 aromatic carbocycles. The maximum atomic E-state index is 12.8. The molecule has 0 aromatic rings. The van der Waals surface area contributed by atoms with Gasteiger partial charge in [0, 0.05) is 12.3 Å². The number of rotatable bonds is 3. The molecule has 4 heteroatoms. The van der Waals surface area contributed by atoms with E-state index < -0.39 is 11.4 Å². The largest absolute Gasteiger partial charge is 0.481 e. The molecule has 5 aliphatic rings. The van der Waals surface area contributed by atoms with Gasteiger partial charge in [0.1, 0.15) is 6.10 Å². The molecule has 0 radical (unpaired) electrons. The first-order valence-corrected chi connectivity index (χ1v) is 14.7. The van der Waals surface area contributed by atoms with Crippen LogP contribution in [-0.2, 0) is 14.3 Å². The fourth-order valence-electron chi connectivity index (χ4n) is 11.9. The van der Waals surface area contributed by atoms with Crippen molar-refractivity contribution in [3.05, 3.63) is 12.2 Å². The van der Waals surface area contributed by atoms with Gasteiger partial charge in [-0.15, -0.1) is 0 Å². The third-order valence-electron chi connectivity index (χ3n) is 13.7. The van der Waals surface area contributed by atoms with Crippen LogP contribution in [0.25, 0.3) is 0 Å². The van der Waals surface area contributed by atoms with Gasteiger partial charge in [-0.05, 0) is 117 Å². The van der Waals surface area contributed by atoms with Crippen LogP contribution in [0, 0.1) is 56.7 Å². The molecule has 0 bridgehead atoms. The number of esters is 1. The predicted molar refractivity (Wildman–Crippen MR) is 142 cm³/mol. The third kappa shape index (κ3) is 3.17. The number of hydrogen-bond donors (Lipinski definition) is 1. The van der Waals surface area contributed by atoms with Crippen molar-refractivity contribution in [2.45, 2.75) is 119 Å². The van der Waals surface area contributed by atoms with Crippen LogP contribution in [0.2, 0.25) is 0 Å².